The molecule has 0 aliphatic carbocycles. The van der Waals surface area contributed by atoms with Gasteiger partial charge in [0.05, 0.1) is 0 Å². The summed E-state index contributed by atoms with van der Waals surface area (Å²) in [5, 5.41) is 3.94. The number of rotatable bonds is 4. The van der Waals surface area contributed by atoms with Crippen LogP contribution in [0, 0.1) is 0 Å². The first-order valence-corrected chi connectivity index (χ1v) is 5.48. The minimum absolute atomic E-state index is 0.610. The van der Waals surface area contributed by atoms with Crippen molar-refractivity contribution in [2.24, 2.45) is 0 Å². The van der Waals surface area contributed by atoms with Crippen molar-refractivity contribution in [2.75, 3.05) is 5.73 Å². The number of unbranched alkanes of at least 4 members (excludes halogenated alkanes) is 1. The molecule has 2 aromatic rings. The molecule has 0 atom stereocenters. The monoisotopic (exact) mass is 217 g/mol. The van der Waals surface area contributed by atoms with Crippen molar-refractivity contribution in [3.8, 4) is 11.4 Å². The van der Waals surface area contributed by atoms with E-state index in [0.29, 0.717) is 17.4 Å². The van der Waals surface area contributed by atoms with Crippen molar-refractivity contribution < 1.29 is 4.52 Å². The average molecular weight is 217 g/mol. The van der Waals surface area contributed by atoms with Gasteiger partial charge < -0.3 is 10.3 Å². The van der Waals surface area contributed by atoms with Gasteiger partial charge in [0, 0.05) is 17.7 Å². The molecule has 0 radical (unpaired) electrons. The standard InChI is InChI=1S/C12H15N3O/c1-2-3-7-11-14-12(15-16-11)9-5-4-6-10(13)8-9/h4-6,8H,2-3,7,13H2,1H3. The second kappa shape index (κ2) is 4.79. The Morgan fingerprint density at radius 3 is 3.00 bits per heavy atom. The van der Waals surface area contributed by atoms with Gasteiger partial charge in [0.15, 0.2) is 0 Å². The van der Waals surface area contributed by atoms with E-state index in [2.05, 4.69) is 17.1 Å². The van der Waals surface area contributed by atoms with Gasteiger partial charge >= 0.3 is 0 Å². The first-order chi connectivity index (χ1) is 7.79. The predicted molar refractivity (Wildman–Crippen MR) is 62.8 cm³/mol. The number of benzene rings is 1. The van der Waals surface area contributed by atoms with Crippen LogP contribution in [0.25, 0.3) is 11.4 Å². The minimum Gasteiger partial charge on any atom is -0.399 e. The summed E-state index contributed by atoms with van der Waals surface area (Å²) in [7, 11) is 0. The lowest BCUT2D eigenvalue weighted by Gasteiger charge is -1.95. The van der Waals surface area contributed by atoms with E-state index < -0.39 is 0 Å². The summed E-state index contributed by atoms with van der Waals surface area (Å²) in [5.74, 6) is 1.30. The molecule has 84 valence electrons. The van der Waals surface area contributed by atoms with Crippen LogP contribution in [0.5, 0.6) is 0 Å². The molecule has 0 fully saturated rings. The molecule has 0 unspecified atom stereocenters. The lowest BCUT2D eigenvalue weighted by atomic mass is 10.2. The van der Waals surface area contributed by atoms with Gasteiger partial charge in [0.25, 0.3) is 0 Å². The van der Waals surface area contributed by atoms with Gasteiger partial charge in [-0.05, 0) is 18.6 Å². The number of hydrogen-bond acceptors (Lipinski definition) is 4. The molecule has 1 heterocycles. The zero-order valence-corrected chi connectivity index (χ0v) is 9.31. The third kappa shape index (κ3) is 2.39. The van der Waals surface area contributed by atoms with Gasteiger partial charge in [-0.25, -0.2) is 0 Å². The van der Waals surface area contributed by atoms with Crippen molar-refractivity contribution in [3.63, 3.8) is 0 Å². The molecule has 0 saturated heterocycles. The fraction of sp³-hybridized carbons (Fsp3) is 0.333. The van der Waals surface area contributed by atoms with Gasteiger partial charge in [-0.2, -0.15) is 4.98 Å². The van der Waals surface area contributed by atoms with E-state index in [0.717, 1.165) is 24.8 Å². The van der Waals surface area contributed by atoms with E-state index in [1.807, 2.05) is 24.3 Å². The highest BCUT2D eigenvalue weighted by atomic mass is 16.5. The molecule has 1 aromatic carbocycles. The van der Waals surface area contributed by atoms with Crippen molar-refractivity contribution in [2.45, 2.75) is 26.2 Å². The zero-order valence-electron chi connectivity index (χ0n) is 9.31. The normalized spacial score (nSPS) is 10.6. The summed E-state index contributed by atoms with van der Waals surface area (Å²) in [4.78, 5) is 4.33. The molecule has 0 aliphatic heterocycles. The molecule has 0 amide bonds. The van der Waals surface area contributed by atoms with Crippen LogP contribution in [-0.4, -0.2) is 10.1 Å². The van der Waals surface area contributed by atoms with Gasteiger partial charge in [0.1, 0.15) is 0 Å². The Kier molecular flexibility index (Phi) is 3.19. The predicted octanol–water partition coefficient (Wildman–Crippen LogP) is 2.66. The van der Waals surface area contributed by atoms with E-state index in [1.54, 1.807) is 0 Å². The van der Waals surface area contributed by atoms with Crippen molar-refractivity contribution in [1.29, 1.82) is 0 Å². The zero-order chi connectivity index (χ0) is 11.4. The second-order valence-electron chi connectivity index (χ2n) is 3.74. The number of hydrogen-bond donors (Lipinski definition) is 1. The van der Waals surface area contributed by atoms with Crippen LogP contribution in [0.3, 0.4) is 0 Å². The van der Waals surface area contributed by atoms with Crippen LogP contribution in [0.4, 0.5) is 5.69 Å². The first kappa shape index (κ1) is 10.7. The highest BCUT2D eigenvalue weighted by Gasteiger charge is 2.07. The fourth-order valence-electron chi connectivity index (χ4n) is 1.48. The number of nitrogens with zero attached hydrogens (tertiary/aromatic N) is 2. The molecule has 0 aliphatic rings. The maximum Gasteiger partial charge on any atom is 0.226 e. The fourth-order valence-corrected chi connectivity index (χ4v) is 1.48. The van der Waals surface area contributed by atoms with E-state index in [4.69, 9.17) is 10.3 Å². The minimum atomic E-state index is 0.610. The summed E-state index contributed by atoms with van der Waals surface area (Å²) in [6.07, 6.45) is 3.03. The molecule has 4 heteroatoms. The van der Waals surface area contributed by atoms with Crippen LogP contribution in [0.15, 0.2) is 28.8 Å². The molecular formula is C12H15N3O. The largest absolute Gasteiger partial charge is 0.399 e. The molecule has 0 spiro atoms. The van der Waals surface area contributed by atoms with Crippen LogP contribution >= 0.6 is 0 Å². The Morgan fingerprint density at radius 2 is 2.25 bits per heavy atom. The van der Waals surface area contributed by atoms with E-state index in [9.17, 15) is 0 Å². The SMILES string of the molecule is CCCCc1nc(-c2cccc(N)c2)no1. The maximum atomic E-state index is 5.70. The van der Waals surface area contributed by atoms with Crippen LogP contribution in [0.1, 0.15) is 25.7 Å². The maximum absolute atomic E-state index is 5.70. The van der Waals surface area contributed by atoms with Crippen LogP contribution in [-0.2, 0) is 6.42 Å². The number of anilines is 1. The van der Waals surface area contributed by atoms with Gasteiger partial charge in [-0.3, -0.25) is 0 Å². The number of nitrogen functional groups attached to an aromatic ring is 1. The van der Waals surface area contributed by atoms with E-state index in [1.165, 1.54) is 0 Å². The average Bonchev–Trinajstić information content (AvgIpc) is 2.75. The Hall–Kier alpha value is -1.84. The summed E-state index contributed by atoms with van der Waals surface area (Å²) >= 11 is 0. The van der Waals surface area contributed by atoms with Crippen molar-refractivity contribution in [3.05, 3.63) is 30.2 Å². The second-order valence-corrected chi connectivity index (χ2v) is 3.74. The molecule has 16 heavy (non-hydrogen) atoms. The lowest BCUT2D eigenvalue weighted by molar-refractivity contribution is 0.375. The summed E-state index contributed by atoms with van der Waals surface area (Å²) < 4.78 is 5.16. The summed E-state index contributed by atoms with van der Waals surface area (Å²) in [6, 6.07) is 7.48. The molecule has 2 N–H and O–H groups in total. The van der Waals surface area contributed by atoms with Crippen molar-refractivity contribution in [1.82, 2.24) is 10.1 Å². The third-order valence-corrected chi connectivity index (χ3v) is 2.36. The quantitative estimate of drug-likeness (QED) is 0.799. The van der Waals surface area contributed by atoms with Gasteiger partial charge in [0.2, 0.25) is 11.7 Å². The first-order valence-electron chi connectivity index (χ1n) is 5.48. The highest BCUT2D eigenvalue weighted by Crippen LogP contribution is 2.18. The third-order valence-electron chi connectivity index (χ3n) is 2.36. The molecular weight excluding hydrogens is 202 g/mol. The topological polar surface area (TPSA) is 64.9 Å². The molecule has 2 rings (SSSR count). The van der Waals surface area contributed by atoms with Crippen LogP contribution in [0.2, 0.25) is 0 Å². The Bertz CT molecular complexity index is 465. The Labute approximate surface area is 94.5 Å². The highest BCUT2D eigenvalue weighted by molar-refractivity contribution is 5.60. The number of aryl methyl sites for hydroxylation is 1. The van der Waals surface area contributed by atoms with Gasteiger partial charge in [-0.1, -0.05) is 30.6 Å². The Balaban J connectivity index is 2.18. The van der Waals surface area contributed by atoms with E-state index >= 15 is 0 Å². The number of aromatic nitrogens is 2. The molecule has 4 nitrogen and oxygen atoms in total. The van der Waals surface area contributed by atoms with E-state index in [-0.39, 0.29) is 0 Å². The number of nitrogens with two attached hydrogens (primary N) is 1. The van der Waals surface area contributed by atoms with Crippen molar-refractivity contribution >= 4 is 5.69 Å². The lowest BCUT2D eigenvalue weighted by Crippen LogP contribution is -1.87. The Morgan fingerprint density at radius 1 is 1.38 bits per heavy atom. The van der Waals surface area contributed by atoms with Gasteiger partial charge in [-0.15, -0.1) is 0 Å². The summed E-state index contributed by atoms with van der Waals surface area (Å²) in [5.41, 5.74) is 7.30. The summed E-state index contributed by atoms with van der Waals surface area (Å²) in [6.45, 7) is 2.13. The molecule has 0 bridgehead atoms. The van der Waals surface area contributed by atoms with Crippen LogP contribution < -0.4 is 5.73 Å². The molecule has 0 saturated carbocycles. The smallest absolute Gasteiger partial charge is 0.226 e. The molecule has 1 aromatic heterocycles.